The van der Waals surface area contributed by atoms with Crippen LogP contribution < -0.4 is 14.9 Å². The molecule has 2 amide bonds. The van der Waals surface area contributed by atoms with Gasteiger partial charge in [-0.3, -0.25) is 14.3 Å². The first-order valence-corrected chi connectivity index (χ1v) is 12.9. The molecule has 0 bridgehead atoms. The molecule has 11 heteroatoms. The number of nitrogens with zero attached hydrogens (tertiary/aromatic N) is 4. The van der Waals surface area contributed by atoms with Crippen LogP contribution in [0.3, 0.4) is 0 Å². The summed E-state index contributed by atoms with van der Waals surface area (Å²) in [5, 5.41) is 2.76. The molecule has 3 aromatic rings. The van der Waals surface area contributed by atoms with Gasteiger partial charge < -0.3 is 15.1 Å². The van der Waals surface area contributed by atoms with Gasteiger partial charge in [0.25, 0.3) is 5.91 Å². The van der Waals surface area contributed by atoms with Crippen LogP contribution in [-0.4, -0.2) is 67.5 Å². The third-order valence-electron chi connectivity index (χ3n) is 5.50. The fourth-order valence-corrected chi connectivity index (χ4v) is 4.35. The highest BCUT2D eigenvalue weighted by Gasteiger charge is 2.22. The Hall–Kier alpha value is -3.99. The molecule has 10 nitrogen and oxygen atoms in total. The topological polar surface area (TPSA) is 125 Å². The zero-order valence-electron chi connectivity index (χ0n) is 19.2. The Labute approximate surface area is 204 Å². The van der Waals surface area contributed by atoms with Crippen molar-refractivity contribution in [2.45, 2.75) is 6.42 Å². The number of para-hydroxylation sites is 1. The molecule has 1 aliphatic heterocycles. The van der Waals surface area contributed by atoms with Crippen LogP contribution in [-0.2, 0) is 21.2 Å². The van der Waals surface area contributed by atoms with Gasteiger partial charge in [-0.15, -0.1) is 0 Å². The lowest BCUT2D eigenvalue weighted by Crippen LogP contribution is -2.49. The van der Waals surface area contributed by atoms with Crippen molar-refractivity contribution in [3.8, 4) is 0 Å². The lowest BCUT2D eigenvalue weighted by atomic mass is 10.1. The van der Waals surface area contributed by atoms with Crippen molar-refractivity contribution in [3.63, 3.8) is 0 Å². The molecule has 0 atom stereocenters. The molecule has 2 N–H and O–H groups in total. The molecule has 0 unspecified atom stereocenters. The molecule has 0 spiro atoms. The van der Waals surface area contributed by atoms with Gasteiger partial charge in [0.2, 0.25) is 21.9 Å². The Morgan fingerprint density at radius 3 is 2.23 bits per heavy atom. The molecule has 2 heterocycles. The highest BCUT2D eigenvalue weighted by Crippen LogP contribution is 2.19. The average molecular weight is 495 g/mol. The van der Waals surface area contributed by atoms with E-state index in [0.717, 1.165) is 11.8 Å². The van der Waals surface area contributed by atoms with Crippen LogP contribution in [0.1, 0.15) is 15.9 Å². The number of hydrogen-bond acceptors (Lipinski definition) is 7. The first-order chi connectivity index (χ1) is 16.8. The van der Waals surface area contributed by atoms with Crippen molar-refractivity contribution >= 4 is 39.2 Å². The molecule has 1 aliphatic rings. The van der Waals surface area contributed by atoms with Crippen LogP contribution in [0.2, 0.25) is 0 Å². The predicted molar refractivity (Wildman–Crippen MR) is 134 cm³/mol. The molecule has 0 radical (unpaired) electrons. The fourth-order valence-electron chi connectivity index (χ4n) is 3.77. The van der Waals surface area contributed by atoms with Crippen molar-refractivity contribution in [1.29, 1.82) is 0 Å². The maximum atomic E-state index is 12.8. The van der Waals surface area contributed by atoms with Gasteiger partial charge in [0.15, 0.2) is 0 Å². The summed E-state index contributed by atoms with van der Waals surface area (Å²) in [6.07, 6.45) is 4.70. The van der Waals surface area contributed by atoms with E-state index in [1.54, 1.807) is 60.9 Å². The summed E-state index contributed by atoms with van der Waals surface area (Å²) >= 11 is 0. The number of rotatable bonds is 7. The third-order valence-corrected chi connectivity index (χ3v) is 6.09. The van der Waals surface area contributed by atoms with Gasteiger partial charge in [0, 0.05) is 44.3 Å². The molecule has 4 rings (SSSR count). The van der Waals surface area contributed by atoms with E-state index in [9.17, 15) is 18.0 Å². The monoisotopic (exact) mass is 494 g/mol. The Balaban J connectivity index is 1.32. The first kappa shape index (κ1) is 24.1. The molecule has 2 aromatic carbocycles. The maximum Gasteiger partial charge on any atom is 0.257 e. The number of benzene rings is 2. The fraction of sp³-hybridized carbons (Fsp3) is 0.250. The van der Waals surface area contributed by atoms with Crippen molar-refractivity contribution < 1.29 is 18.0 Å². The number of hydrogen-bond donors (Lipinski definition) is 2. The summed E-state index contributed by atoms with van der Waals surface area (Å²) in [7, 11) is -3.52. The second-order valence-corrected chi connectivity index (χ2v) is 9.91. The van der Waals surface area contributed by atoms with E-state index in [-0.39, 0.29) is 23.6 Å². The van der Waals surface area contributed by atoms with Crippen LogP contribution in [0.25, 0.3) is 0 Å². The standard InChI is InChI=1S/C24H26N6O4S/c1-35(33,34)28-21-6-3-2-5-20(21)23(32)27-19-9-7-18(8-10-19)17-22(31)29-13-15-30(16-14-29)24-25-11-4-12-26-24/h2-12,28H,13-17H2,1H3,(H,27,32). The zero-order valence-corrected chi connectivity index (χ0v) is 20.0. The summed E-state index contributed by atoms with van der Waals surface area (Å²) in [6.45, 7) is 2.56. The van der Waals surface area contributed by atoms with Gasteiger partial charge in [-0.2, -0.15) is 0 Å². The van der Waals surface area contributed by atoms with Crippen LogP contribution in [0, 0.1) is 0 Å². The number of nitrogens with one attached hydrogen (secondary N) is 2. The minimum Gasteiger partial charge on any atom is -0.339 e. The number of sulfonamides is 1. The SMILES string of the molecule is CS(=O)(=O)Nc1ccccc1C(=O)Nc1ccc(CC(=O)N2CCN(c3ncccn3)CC2)cc1. The quantitative estimate of drug-likeness (QED) is 0.515. The van der Waals surface area contributed by atoms with E-state index < -0.39 is 15.9 Å². The van der Waals surface area contributed by atoms with Crippen molar-refractivity contribution in [3.05, 3.63) is 78.1 Å². The Morgan fingerprint density at radius 1 is 0.914 bits per heavy atom. The Morgan fingerprint density at radius 2 is 1.57 bits per heavy atom. The van der Waals surface area contributed by atoms with Crippen LogP contribution in [0.5, 0.6) is 0 Å². The number of carbonyl (C=O) groups excluding carboxylic acids is 2. The van der Waals surface area contributed by atoms with E-state index in [0.29, 0.717) is 37.8 Å². The average Bonchev–Trinajstić information content (AvgIpc) is 2.85. The molecule has 1 saturated heterocycles. The minimum absolute atomic E-state index is 0.0381. The second kappa shape index (κ2) is 10.5. The number of carbonyl (C=O) groups is 2. The van der Waals surface area contributed by atoms with Crippen LogP contribution >= 0.6 is 0 Å². The molecule has 1 fully saturated rings. The number of anilines is 3. The van der Waals surface area contributed by atoms with Gasteiger partial charge >= 0.3 is 0 Å². The lowest BCUT2D eigenvalue weighted by molar-refractivity contribution is -0.130. The summed E-state index contributed by atoms with van der Waals surface area (Å²) in [5.74, 6) is 0.268. The van der Waals surface area contributed by atoms with Crippen LogP contribution in [0.4, 0.5) is 17.3 Å². The third kappa shape index (κ3) is 6.54. The summed E-state index contributed by atoms with van der Waals surface area (Å²) in [4.78, 5) is 37.9. The van der Waals surface area contributed by atoms with Crippen molar-refractivity contribution in [2.24, 2.45) is 0 Å². The Bertz CT molecular complexity index is 1290. The van der Waals surface area contributed by atoms with Crippen molar-refractivity contribution in [1.82, 2.24) is 14.9 Å². The smallest absolute Gasteiger partial charge is 0.257 e. The number of amides is 2. The maximum absolute atomic E-state index is 12.8. The van der Waals surface area contributed by atoms with Gasteiger partial charge in [-0.1, -0.05) is 24.3 Å². The minimum atomic E-state index is -3.52. The van der Waals surface area contributed by atoms with E-state index in [2.05, 4.69) is 24.9 Å². The largest absolute Gasteiger partial charge is 0.339 e. The normalized spacial score (nSPS) is 13.9. The van der Waals surface area contributed by atoms with E-state index in [4.69, 9.17) is 0 Å². The Kier molecular flexibility index (Phi) is 7.25. The molecule has 182 valence electrons. The summed E-state index contributed by atoms with van der Waals surface area (Å²) in [6, 6.07) is 15.2. The molecular weight excluding hydrogens is 468 g/mol. The predicted octanol–water partition coefficient (Wildman–Crippen LogP) is 1.99. The summed E-state index contributed by atoms with van der Waals surface area (Å²) in [5.41, 5.74) is 1.78. The highest BCUT2D eigenvalue weighted by molar-refractivity contribution is 7.92. The molecule has 0 saturated carbocycles. The number of piperazine rings is 1. The summed E-state index contributed by atoms with van der Waals surface area (Å²) < 4.78 is 25.5. The molecule has 1 aromatic heterocycles. The van der Waals surface area contributed by atoms with E-state index in [1.165, 1.54) is 6.07 Å². The van der Waals surface area contributed by atoms with Gasteiger partial charge in [0.05, 0.1) is 23.9 Å². The first-order valence-electron chi connectivity index (χ1n) is 11.1. The van der Waals surface area contributed by atoms with Crippen LogP contribution in [0.15, 0.2) is 67.0 Å². The number of aromatic nitrogens is 2. The molecular formula is C24H26N6O4S. The van der Waals surface area contributed by atoms with E-state index >= 15 is 0 Å². The zero-order chi connectivity index (χ0) is 24.8. The highest BCUT2D eigenvalue weighted by atomic mass is 32.2. The second-order valence-electron chi connectivity index (χ2n) is 8.16. The lowest BCUT2D eigenvalue weighted by Gasteiger charge is -2.34. The molecule has 0 aliphatic carbocycles. The van der Waals surface area contributed by atoms with E-state index in [1.807, 2.05) is 4.90 Å². The van der Waals surface area contributed by atoms with Gasteiger partial charge in [0.1, 0.15) is 0 Å². The van der Waals surface area contributed by atoms with Gasteiger partial charge in [-0.25, -0.2) is 18.4 Å². The molecule has 35 heavy (non-hydrogen) atoms. The van der Waals surface area contributed by atoms with Gasteiger partial charge in [-0.05, 0) is 35.9 Å². The van der Waals surface area contributed by atoms with Crippen molar-refractivity contribution in [2.75, 3.05) is 47.4 Å².